The van der Waals surface area contributed by atoms with E-state index in [1.807, 2.05) is 0 Å². The van der Waals surface area contributed by atoms with Crippen molar-refractivity contribution in [2.45, 2.75) is 370 Å². The summed E-state index contributed by atoms with van der Waals surface area (Å²) >= 11 is 0. The van der Waals surface area contributed by atoms with Gasteiger partial charge in [0.05, 0.1) is 26.4 Å². The van der Waals surface area contributed by atoms with Gasteiger partial charge in [-0.2, -0.15) is 0 Å². The first-order valence-electron chi connectivity index (χ1n) is 33.8. The lowest BCUT2D eigenvalue weighted by Gasteiger charge is -2.42. The van der Waals surface area contributed by atoms with Crippen LogP contribution in [-0.4, -0.2) is 142 Å². The fraction of sp³-hybridized carbons (Fsp3) is 0.955. The second-order valence-electron chi connectivity index (χ2n) is 24.0. The summed E-state index contributed by atoms with van der Waals surface area (Å²) in [4.78, 5) is 13.1. The van der Waals surface area contributed by atoms with Gasteiger partial charge in [0, 0.05) is 13.0 Å². The molecule has 474 valence electrons. The monoisotopic (exact) mass is 1140 g/mol. The molecule has 0 spiro atoms. The molecule has 14 heteroatoms. The van der Waals surface area contributed by atoms with Crippen LogP contribution >= 0.6 is 0 Å². The third-order valence-corrected chi connectivity index (χ3v) is 16.5. The molecule has 2 aliphatic heterocycles. The summed E-state index contributed by atoms with van der Waals surface area (Å²) in [6, 6.07) is 0. The quantitative estimate of drug-likeness (QED) is 0.0171. The number of aliphatic hydroxyl groups is 7. The van der Waals surface area contributed by atoms with E-state index in [2.05, 4.69) is 26.0 Å². The van der Waals surface area contributed by atoms with Crippen molar-refractivity contribution in [3.8, 4) is 0 Å². The molecule has 0 aromatic carbocycles. The topological polar surface area (TPSA) is 214 Å². The molecule has 2 heterocycles. The van der Waals surface area contributed by atoms with Crippen LogP contribution in [0.1, 0.15) is 303 Å². The largest absolute Gasteiger partial charge is 0.457 e. The highest BCUT2D eigenvalue weighted by molar-refractivity contribution is 5.69. The predicted octanol–water partition coefficient (Wildman–Crippen LogP) is 13.7. The van der Waals surface area contributed by atoms with Crippen LogP contribution < -0.4 is 0 Å². The molecule has 7 N–H and O–H groups in total. The van der Waals surface area contributed by atoms with Crippen LogP contribution in [0.4, 0.5) is 0 Å². The summed E-state index contributed by atoms with van der Waals surface area (Å²) in [5.41, 5.74) is 0. The number of esters is 1. The highest BCUT2D eigenvalue weighted by Crippen LogP contribution is 2.27. The number of ether oxygens (including phenoxy) is 6. The molecule has 80 heavy (non-hydrogen) atoms. The number of hydrogen-bond donors (Lipinski definition) is 7. The smallest absolute Gasteiger partial charge is 0.306 e. The van der Waals surface area contributed by atoms with Gasteiger partial charge in [-0.3, -0.25) is 4.79 Å². The molecule has 2 saturated heterocycles. The molecule has 0 amide bonds. The number of hydrogen-bond acceptors (Lipinski definition) is 14. The van der Waals surface area contributed by atoms with Gasteiger partial charge >= 0.3 is 5.97 Å². The lowest BCUT2D eigenvalue weighted by atomic mass is 9.98. The summed E-state index contributed by atoms with van der Waals surface area (Å²) < 4.78 is 34.5. The van der Waals surface area contributed by atoms with Crippen LogP contribution in [-0.2, 0) is 33.2 Å². The Bertz CT molecular complexity index is 1370. The van der Waals surface area contributed by atoms with Crippen molar-refractivity contribution in [1.29, 1.82) is 0 Å². The fourth-order valence-corrected chi connectivity index (χ4v) is 11.1. The van der Waals surface area contributed by atoms with Crippen molar-refractivity contribution in [3.05, 3.63) is 12.2 Å². The highest BCUT2D eigenvalue weighted by atomic mass is 16.7. The Morgan fingerprint density at radius 1 is 0.400 bits per heavy atom. The average molecular weight is 1140 g/mol. The van der Waals surface area contributed by atoms with Gasteiger partial charge in [0.2, 0.25) is 0 Å². The zero-order chi connectivity index (χ0) is 57.9. The molecule has 2 fully saturated rings. The van der Waals surface area contributed by atoms with E-state index in [1.54, 1.807) is 0 Å². The van der Waals surface area contributed by atoms with Crippen LogP contribution in [0.3, 0.4) is 0 Å². The molecule has 0 saturated carbocycles. The Labute approximate surface area is 488 Å². The summed E-state index contributed by atoms with van der Waals surface area (Å²) in [5.74, 6) is -0.367. The van der Waals surface area contributed by atoms with E-state index in [1.165, 1.54) is 238 Å². The molecule has 2 aliphatic rings. The van der Waals surface area contributed by atoms with Gasteiger partial charge in [-0.15, -0.1) is 0 Å². The first-order valence-corrected chi connectivity index (χ1v) is 33.8. The molecule has 0 aliphatic carbocycles. The lowest BCUT2D eigenvalue weighted by Crippen LogP contribution is -2.61. The van der Waals surface area contributed by atoms with E-state index < -0.39 is 80.7 Å². The zero-order valence-electron chi connectivity index (χ0n) is 51.3. The maximum absolute atomic E-state index is 13.1. The minimum absolute atomic E-state index is 0.0683. The van der Waals surface area contributed by atoms with Gasteiger partial charge in [0.1, 0.15) is 54.9 Å². The predicted molar refractivity (Wildman–Crippen MR) is 321 cm³/mol. The maximum Gasteiger partial charge on any atom is 0.306 e. The SMILES string of the molecule is CCCCCCCCCC/C=C\CCCCCCCCCCCCCCOCC(COC1OC(COC2OC(CO)C(O)C(O)C2O)C(O)C(O)C1O)OC(=O)CCCCCCCCCCCCCCCCCCCCCCCC. The van der Waals surface area contributed by atoms with Gasteiger partial charge in [-0.1, -0.05) is 270 Å². The van der Waals surface area contributed by atoms with E-state index >= 15 is 0 Å². The van der Waals surface area contributed by atoms with Gasteiger partial charge < -0.3 is 64.2 Å². The molecule has 0 aromatic heterocycles. The van der Waals surface area contributed by atoms with Crippen LogP contribution in [0.25, 0.3) is 0 Å². The van der Waals surface area contributed by atoms with E-state index in [9.17, 15) is 40.5 Å². The average Bonchev–Trinajstić information content (AvgIpc) is 3.52. The Balaban J connectivity index is 1.64. The van der Waals surface area contributed by atoms with E-state index in [4.69, 9.17) is 28.4 Å². The van der Waals surface area contributed by atoms with E-state index in [-0.39, 0.29) is 25.6 Å². The molecule has 14 nitrogen and oxygen atoms in total. The van der Waals surface area contributed by atoms with Gasteiger partial charge in [0.15, 0.2) is 12.6 Å². The molecule has 0 aromatic rings. The minimum atomic E-state index is -1.70. The number of rotatable bonds is 57. The van der Waals surface area contributed by atoms with Crippen LogP contribution in [0, 0.1) is 0 Å². The first kappa shape index (κ1) is 74.8. The molecule has 11 atom stereocenters. The number of carbonyl (C=O) groups excluding carboxylic acids is 1. The normalized spacial score (nSPS) is 23.8. The van der Waals surface area contributed by atoms with Crippen molar-refractivity contribution < 1.29 is 69.0 Å². The van der Waals surface area contributed by atoms with Crippen molar-refractivity contribution in [3.63, 3.8) is 0 Å². The van der Waals surface area contributed by atoms with Crippen molar-refractivity contribution in [2.24, 2.45) is 0 Å². The van der Waals surface area contributed by atoms with Gasteiger partial charge in [-0.05, 0) is 38.5 Å². The molecule has 0 radical (unpaired) electrons. The van der Waals surface area contributed by atoms with Crippen molar-refractivity contribution >= 4 is 5.97 Å². The standard InChI is InChI=1S/C66H126O14/c1-3-5-7-9-11-13-15-17-19-21-23-25-27-28-30-32-34-36-38-40-42-44-46-48-50-75-52-55(53-76-65-64(74)62(72)60(70)57(80-65)54-77-66-63(73)61(71)59(69)56(51-67)79-66)78-58(68)49-47-45-43-41-39-37-35-33-31-29-26-24-22-20-18-16-14-12-10-8-6-4-2/h21,23,55-57,59-67,69-74H,3-20,22,24-54H2,1-2H3/b23-21-. The molecular formula is C66H126O14. The van der Waals surface area contributed by atoms with E-state index in [0.717, 1.165) is 38.5 Å². The molecule has 11 unspecified atom stereocenters. The van der Waals surface area contributed by atoms with Crippen molar-refractivity contribution in [2.75, 3.05) is 33.0 Å². The zero-order valence-corrected chi connectivity index (χ0v) is 51.3. The Hall–Kier alpha value is -1.27. The summed E-state index contributed by atoms with van der Waals surface area (Å²) in [7, 11) is 0. The number of unbranched alkanes of at least 4 members (excludes halogenated alkanes) is 41. The van der Waals surface area contributed by atoms with Gasteiger partial charge in [-0.25, -0.2) is 0 Å². The Morgan fingerprint density at radius 3 is 1.14 bits per heavy atom. The second kappa shape index (κ2) is 53.2. The molecular weight excluding hydrogens is 1020 g/mol. The number of aliphatic hydroxyl groups excluding tert-OH is 7. The maximum atomic E-state index is 13.1. The fourth-order valence-electron chi connectivity index (χ4n) is 11.1. The van der Waals surface area contributed by atoms with Crippen molar-refractivity contribution in [1.82, 2.24) is 0 Å². The third kappa shape index (κ3) is 38.6. The summed E-state index contributed by atoms with van der Waals surface area (Å²) in [5, 5.41) is 72.6. The first-order chi connectivity index (χ1) is 39.1. The molecule has 0 bridgehead atoms. The van der Waals surface area contributed by atoms with Crippen LogP contribution in [0.2, 0.25) is 0 Å². The van der Waals surface area contributed by atoms with E-state index in [0.29, 0.717) is 13.0 Å². The Morgan fingerprint density at radius 2 is 0.738 bits per heavy atom. The van der Waals surface area contributed by atoms with Crippen LogP contribution in [0.15, 0.2) is 12.2 Å². The summed E-state index contributed by atoms with van der Waals surface area (Å²) in [6.07, 6.45) is 45.7. The molecule has 2 rings (SSSR count). The lowest BCUT2D eigenvalue weighted by molar-refractivity contribution is -0.332. The second-order valence-corrected chi connectivity index (χ2v) is 24.0. The highest BCUT2D eigenvalue weighted by Gasteiger charge is 2.47. The number of allylic oxidation sites excluding steroid dienone is 2. The third-order valence-electron chi connectivity index (χ3n) is 16.5. The van der Waals surface area contributed by atoms with Crippen LogP contribution in [0.5, 0.6) is 0 Å². The summed E-state index contributed by atoms with van der Waals surface area (Å²) in [6.45, 7) is 3.77. The minimum Gasteiger partial charge on any atom is -0.457 e. The van der Waals surface area contributed by atoms with Gasteiger partial charge in [0.25, 0.3) is 0 Å². The number of carbonyl (C=O) groups is 1. The Kier molecular flexibility index (Phi) is 49.8.